The molecule has 0 aliphatic rings. The minimum Gasteiger partial charge on any atom is -0.463 e. The van der Waals surface area contributed by atoms with Crippen molar-refractivity contribution in [2.75, 3.05) is 18.9 Å². The lowest BCUT2D eigenvalue weighted by molar-refractivity contribution is -0.139. The second-order valence-corrected chi connectivity index (χ2v) is 4.50. The molecule has 23 heavy (non-hydrogen) atoms. The number of hydrogen-bond acceptors (Lipinski definition) is 7. The molecule has 1 aromatic rings. The third kappa shape index (κ3) is 3.68. The number of esters is 2. The Morgan fingerprint density at radius 2 is 1.65 bits per heavy atom. The van der Waals surface area contributed by atoms with E-state index >= 15 is 0 Å². The highest BCUT2D eigenvalue weighted by molar-refractivity contribution is 6.21. The first-order valence-corrected chi connectivity index (χ1v) is 6.87. The number of carbonyl (C=O) groups excluding carboxylic acids is 2. The number of nitrogen functional groups attached to an aromatic ring is 1. The van der Waals surface area contributed by atoms with Crippen molar-refractivity contribution in [1.82, 2.24) is 9.13 Å². The van der Waals surface area contributed by atoms with Crippen molar-refractivity contribution in [2.24, 2.45) is 14.1 Å². The molecule has 0 aromatic carbocycles. The lowest BCUT2D eigenvalue weighted by Gasteiger charge is -2.13. The summed E-state index contributed by atoms with van der Waals surface area (Å²) >= 11 is 0. The lowest BCUT2D eigenvalue weighted by Crippen LogP contribution is -2.40. The van der Waals surface area contributed by atoms with Gasteiger partial charge >= 0.3 is 17.6 Å². The SMILES string of the molecule is CCOC(=O)/C=C(\C(=O)OCC)c1c(N)n(C)c(=O)n(C)c1=O. The van der Waals surface area contributed by atoms with Crippen LogP contribution < -0.4 is 17.0 Å². The molecule has 0 amide bonds. The molecule has 1 rings (SSSR count). The van der Waals surface area contributed by atoms with Crippen LogP contribution in [0.4, 0.5) is 5.82 Å². The Bertz CT molecular complexity index is 772. The summed E-state index contributed by atoms with van der Waals surface area (Å²) in [5.41, 5.74) is 3.67. The van der Waals surface area contributed by atoms with Gasteiger partial charge < -0.3 is 15.2 Å². The number of hydrogen-bond donors (Lipinski definition) is 1. The van der Waals surface area contributed by atoms with Crippen LogP contribution in [-0.4, -0.2) is 34.3 Å². The quantitative estimate of drug-likeness (QED) is 0.554. The number of nitrogens with two attached hydrogens (primary N) is 1. The van der Waals surface area contributed by atoms with Crippen LogP contribution in [0.2, 0.25) is 0 Å². The molecular weight excluding hydrogens is 306 g/mol. The number of ether oxygens (including phenoxy) is 2. The number of carbonyl (C=O) groups is 2. The fourth-order valence-corrected chi connectivity index (χ4v) is 1.86. The summed E-state index contributed by atoms with van der Waals surface area (Å²) in [4.78, 5) is 47.9. The Labute approximate surface area is 131 Å². The standard InChI is InChI=1S/C14H19N3O6/c1-5-22-9(18)7-8(13(20)23-6-2)10-11(15)16(3)14(21)17(4)12(10)19/h7H,5-6,15H2,1-4H3/b8-7-. The molecule has 0 bridgehead atoms. The summed E-state index contributed by atoms with van der Waals surface area (Å²) < 4.78 is 11.4. The number of nitrogens with zero attached hydrogens (tertiary/aromatic N) is 2. The lowest BCUT2D eigenvalue weighted by atomic mass is 10.1. The van der Waals surface area contributed by atoms with Crippen molar-refractivity contribution >= 4 is 23.3 Å². The molecule has 9 nitrogen and oxygen atoms in total. The molecule has 9 heteroatoms. The molecule has 1 heterocycles. The highest BCUT2D eigenvalue weighted by Gasteiger charge is 2.24. The van der Waals surface area contributed by atoms with E-state index < -0.39 is 23.2 Å². The summed E-state index contributed by atoms with van der Waals surface area (Å²) in [7, 11) is 2.58. The molecule has 0 atom stereocenters. The van der Waals surface area contributed by atoms with Crippen LogP contribution >= 0.6 is 0 Å². The second kappa shape index (κ2) is 7.43. The van der Waals surface area contributed by atoms with Gasteiger partial charge in [0.2, 0.25) is 0 Å². The zero-order valence-electron chi connectivity index (χ0n) is 13.4. The average Bonchev–Trinajstić information content (AvgIpc) is 2.50. The Hall–Kier alpha value is -2.84. The van der Waals surface area contributed by atoms with E-state index in [4.69, 9.17) is 15.2 Å². The zero-order chi connectivity index (χ0) is 17.7. The van der Waals surface area contributed by atoms with Crippen LogP contribution in [0.5, 0.6) is 0 Å². The van der Waals surface area contributed by atoms with Gasteiger partial charge in [-0.2, -0.15) is 0 Å². The molecule has 1 aromatic heterocycles. The average molecular weight is 325 g/mol. The van der Waals surface area contributed by atoms with Crippen molar-refractivity contribution < 1.29 is 19.1 Å². The van der Waals surface area contributed by atoms with Crippen LogP contribution in [0.3, 0.4) is 0 Å². The Morgan fingerprint density at radius 3 is 2.17 bits per heavy atom. The van der Waals surface area contributed by atoms with Gasteiger partial charge in [-0.25, -0.2) is 14.4 Å². The Morgan fingerprint density at radius 1 is 1.09 bits per heavy atom. The van der Waals surface area contributed by atoms with Crippen molar-refractivity contribution in [3.05, 3.63) is 32.5 Å². The molecule has 0 spiro atoms. The molecule has 0 saturated heterocycles. The predicted octanol–water partition coefficient (Wildman–Crippen LogP) is -0.824. The van der Waals surface area contributed by atoms with Gasteiger partial charge in [-0.15, -0.1) is 0 Å². The molecule has 0 aliphatic heterocycles. The number of anilines is 1. The van der Waals surface area contributed by atoms with Crippen LogP contribution in [0.15, 0.2) is 15.7 Å². The Kier molecular flexibility index (Phi) is 5.88. The van der Waals surface area contributed by atoms with Crippen LogP contribution in [0, 0.1) is 0 Å². The van der Waals surface area contributed by atoms with Gasteiger partial charge in [0.15, 0.2) is 0 Å². The minimum atomic E-state index is -0.914. The van der Waals surface area contributed by atoms with E-state index in [9.17, 15) is 19.2 Å². The summed E-state index contributed by atoms with van der Waals surface area (Å²) in [5, 5.41) is 0. The first kappa shape index (κ1) is 18.2. The topological polar surface area (TPSA) is 123 Å². The largest absolute Gasteiger partial charge is 0.463 e. The van der Waals surface area contributed by atoms with E-state index in [1.807, 2.05) is 0 Å². The van der Waals surface area contributed by atoms with E-state index in [2.05, 4.69) is 0 Å². The predicted molar refractivity (Wildman–Crippen MR) is 82.6 cm³/mol. The van der Waals surface area contributed by atoms with Crippen LogP contribution in [0.25, 0.3) is 5.57 Å². The van der Waals surface area contributed by atoms with E-state index in [0.717, 1.165) is 15.2 Å². The molecular formula is C14H19N3O6. The molecule has 2 N–H and O–H groups in total. The first-order valence-electron chi connectivity index (χ1n) is 6.87. The second-order valence-electron chi connectivity index (χ2n) is 4.50. The highest BCUT2D eigenvalue weighted by Crippen LogP contribution is 2.18. The maximum absolute atomic E-state index is 12.3. The number of aromatic nitrogens is 2. The molecule has 0 unspecified atom stereocenters. The van der Waals surface area contributed by atoms with Crippen LogP contribution in [-0.2, 0) is 33.2 Å². The van der Waals surface area contributed by atoms with Gasteiger partial charge in [0, 0.05) is 20.2 Å². The summed E-state index contributed by atoms with van der Waals surface area (Å²) in [6.45, 7) is 3.29. The van der Waals surface area contributed by atoms with E-state index in [1.165, 1.54) is 14.1 Å². The summed E-state index contributed by atoms with van der Waals surface area (Å²) in [5.74, 6) is -1.99. The summed E-state index contributed by atoms with van der Waals surface area (Å²) in [6, 6.07) is 0. The van der Waals surface area contributed by atoms with Crippen LogP contribution in [0.1, 0.15) is 19.4 Å². The highest BCUT2D eigenvalue weighted by atomic mass is 16.5. The van der Waals surface area contributed by atoms with Gasteiger partial charge in [0.1, 0.15) is 5.82 Å². The van der Waals surface area contributed by atoms with Gasteiger partial charge in [-0.05, 0) is 13.8 Å². The third-order valence-electron chi connectivity index (χ3n) is 3.02. The third-order valence-corrected chi connectivity index (χ3v) is 3.02. The monoisotopic (exact) mass is 325 g/mol. The maximum atomic E-state index is 12.3. The molecule has 0 radical (unpaired) electrons. The van der Waals surface area contributed by atoms with Crippen molar-refractivity contribution in [3.63, 3.8) is 0 Å². The van der Waals surface area contributed by atoms with Gasteiger partial charge in [-0.1, -0.05) is 0 Å². The molecule has 0 aliphatic carbocycles. The summed E-state index contributed by atoms with van der Waals surface area (Å²) in [6.07, 6.45) is 0.832. The van der Waals surface area contributed by atoms with Crippen molar-refractivity contribution in [2.45, 2.75) is 13.8 Å². The fraction of sp³-hybridized carbons (Fsp3) is 0.429. The van der Waals surface area contributed by atoms with E-state index in [-0.39, 0.29) is 30.2 Å². The molecule has 0 saturated carbocycles. The van der Waals surface area contributed by atoms with E-state index in [1.54, 1.807) is 13.8 Å². The van der Waals surface area contributed by atoms with Crippen molar-refractivity contribution in [1.29, 1.82) is 0 Å². The van der Waals surface area contributed by atoms with Gasteiger partial charge in [0.25, 0.3) is 5.56 Å². The van der Waals surface area contributed by atoms with E-state index in [0.29, 0.717) is 0 Å². The van der Waals surface area contributed by atoms with Gasteiger partial charge in [0.05, 0.1) is 24.4 Å². The first-order chi connectivity index (χ1) is 10.8. The fourth-order valence-electron chi connectivity index (χ4n) is 1.86. The minimum absolute atomic E-state index is 0.0327. The Balaban J connectivity index is 3.69. The smallest absolute Gasteiger partial charge is 0.339 e. The normalized spacial score (nSPS) is 11.2. The molecule has 0 fully saturated rings. The molecule has 126 valence electrons. The number of rotatable bonds is 5. The van der Waals surface area contributed by atoms with Crippen molar-refractivity contribution in [3.8, 4) is 0 Å². The maximum Gasteiger partial charge on any atom is 0.339 e. The zero-order valence-corrected chi connectivity index (χ0v) is 13.4. The van der Waals surface area contributed by atoms with Gasteiger partial charge in [-0.3, -0.25) is 13.9 Å².